The first-order valence-corrected chi connectivity index (χ1v) is 11.1. The Balaban J connectivity index is 1.33. The average Bonchev–Trinajstić information content (AvgIpc) is 3.35. The Hall–Kier alpha value is -2.82. The van der Waals surface area contributed by atoms with E-state index in [1.807, 2.05) is 13.0 Å². The monoisotopic (exact) mass is 421 g/mol. The number of benzene rings is 2. The van der Waals surface area contributed by atoms with Gasteiger partial charge in [0.2, 0.25) is 0 Å². The predicted molar refractivity (Wildman–Crippen MR) is 120 cm³/mol. The summed E-state index contributed by atoms with van der Waals surface area (Å²) in [6.07, 6.45) is 2.74. The minimum atomic E-state index is -0.177. The highest BCUT2D eigenvalue weighted by Crippen LogP contribution is 2.55. The van der Waals surface area contributed by atoms with E-state index in [1.165, 1.54) is 5.56 Å². The maximum absolute atomic E-state index is 12.8. The molecule has 5 nitrogen and oxygen atoms in total. The van der Waals surface area contributed by atoms with Crippen LogP contribution in [0.15, 0.2) is 59.6 Å². The van der Waals surface area contributed by atoms with Crippen LogP contribution < -0.4 is 4.74 Å². The predicted octanol–water partition coefficient (Wildman–Crippen LogP) is 5.13. The second-order valence-electron chi connectivity index (χ2n) is 9.09. The molecule has 4 atom stereocenters. The van der Waals surface area contributed by atoms with Gasteiger partial charge in [0.15, 0.2) is 11.7 Å². The smallest absolute Gasteiger partial charge is 0.184 e. The third kappa shape index (κ3) is 4.60. The van der Waals surface area contributed by atoms with Crippen molar-refractivity contribution in [1.82, 2.24) is 0 Å². The molecule has 31 heavy (non-hydrogen) atoms. The molecule has 5 heteroatoms. The number of hydrogen-bond donors (Lipinski definition) is 1. The molecular weight excluding hydrogens is 390 g/mol. The summed E-state index contributed by atoms with van der Waals surface area (Å²) >= 11 is 0. The Morgan fingerprint density at radius 1 is 1.16 bits per heavy atom. The summed E-state index contributed by atoms with van der Waals surface area (Å²) in [4.78, 5) is 17.7. The fourth-order valence-corrected chi connectivity index (χ4v) is 4.62. The summed E-state index contributed by atoms with van der Waals surface area (Å²) < 4.78 is 11.7. The van der Waals surface area contributed by atoms with E-state index in [-0.39, 0.29) is 41.6 Å². The van der Waals surface area contributed by atoms with Crippen molar-refractivity contribution in [2.45, 2.75) is 51.7 Å². The number of carbonyl (C=O) groups is 1. The van der Waals surface area contributed by atoms with Crippen molar-refractivity contribution in [3.05, 3.63) is 60.2 Å². The number of aromatic hydroxyl groups is 1. The van der Waals surface area contributed by atoms with Gasteiger partial charge in [-0.15, -0.1) is 0 Å². The van der Waals surface area contributed by atoms with Crippen LogP contribution >= 0.6 is 0 Å². The Morgan fingerprint density at radius 3 is 2.55 bits per heavy atom. The van der Waals surface area contributed by atoms with Gasteiger partial charge in [0, 0.05) is 18.8 Å². The van der Waals surface area contributed by atoms with E-state index in [4.69, 9.17) is 14.5 Å². The quantitative estimate of drug-likeness (QED) is 0.578. The molecule has 1 saturated carbocycles. The molecule has 0 bridgehead atoms. The fourth-order valence-electron chi connectivity index (χ4n) is 4.62. The molecular formula is C26H31NO4. The van der Waals surface area contributed by atoms with Crippen LogP contribution in [-0.4, -0.2) is 29.5 Å². The average molecular weight is 422 g/mol. The maximum Gasteiger partial charge on any atom is 0.184 e. The summed E-state index contributed by atoms with van der Waals surface area (Å²) in [6.45, 7) is 6.35. The van der Waals surface area contributed by atoms with E-state index < -0.39 is 0 Å². The third-order valence-electron chi connectivity index (χ3n) is 6.66. The van der Waals surface area contributed by atoms with Crippen molar-refractivity contribution in [3.63, 3.8) is 0 Å². The molecule has 0 spiro atoms. The van der Waals surface area contributed by atoms with E-state index in [9.17, 15) is 9.90 Å². The molecule has 1 N–H and O–H groups in total. The number of hydrogen-bond acceptors (Lipinski definition) is 5. The van der Waals surface area contributed by atoms with Gasteiger partial charge in [-0.1, -0.05) is 51.1 Å². The van der Waals surface area contributed by atoms with Gasteiger partial charge in [0.05, 0.1) is 0 Å². The molecule has 0 amide bonds. The van der Waals surface area contributed by atoms with Crippen LogP contribution in [0.3, 0.4) is 0 Å². The number of ketones is 1. The number of fused-ring (bicyclic) bond motifs is 1. The van der Waals surface area contributed by atoms with E-state index in [0.29, 0.717) is 11.7 Å². The van der Waals surface area contributed by atoms with Gasteiger partial charge in [-0.05, 0) is 48.1 Å². The summed E-state index contributed by atoms with van der Waals surface area (Å²) in [6, 6.07) is 16.8. The summed E-state index contributed by atoms with van der Waals surface area (Å²) in [5.74, 6) is 2.15. The topological polar surface area (TPSA) is 68.1 Å². The van der Waals surface area contributed by atoms with Crippen molar-refractivity contribution >= 4 is 11.7 Å². The van der Waals surface area contributed by atoms with Crippen LogP contribution in [-0.2, 0) is 15.1 Å². The lowest BCUT2D eigenvalue weighted by Gasteiger charge is -2.26. The van der Waals surface area contributed by atoms with E-state index in [0.717, 1.165) is 25.2 Å². The number of aliphatic imine (C=N–C) groups is 1. The van der Waals surface area contributed by atoms with Crippen molar-refractivity contribution in [1.29, 1.82) is 0 Å². The summed E-state index contributed by atoms with van der Waals surface area (Å²) in [5, 5.41) is 9.36. The molecule has 2 aromatic rings. The highest BCUT2D eigenvalue weighted by atomic mass is 16.5. The lowest BCUT2D eigenvalue weighted by molar-refractivity contribution is -0.126. The zero-order valence-corrected chi connectivity index (χ0v) is 18.5. The first kappa shape index (κ1) is 21.4. The highest BCUT2D eigenvalue weighted by Gasteiger charge is 2.62. The van der Waals surface area contributed by atoms with Gasteiger partial charge < -0.3 is 14.6 Å². The fraction of sp³-hybridized carbons (Fsp3) is 0.462. The minimum Gasteiger partial charge on any atom is -0.508 e. The second kappa shape index (κ2) is 8.74. The molecule has 4 rings (SSSR count). The lowest BCUT2D eigenvalue weighted by atomic mass is 9.79. The van der Waals surface area contributed by atoms with Crippen molar-refractivity contribution in [3.8, 4) is 11.5 Å². The first-order valence-electron chi connectivity index (χ1n) is 11.1. The van der Waals surface area contributed by atoms with Gasteiger partial charge >= 0.3 is 0 Å². The standard InChI is InChI=1S/C26H31NO4/c1-17(2)22(18(3)23(29)16-30-21-11-9-20(28)10-12-21)13-14-25-27-26(15-24(26)31-25)19-7-5-4-6-8-19/h4-12,17-18,22,24,28H,13-16H2,1-3H3. The van der Waals surface area contributed by atoms with E-state index >= 15 is 0 Å². The van der Waals surface area contributed by atoms with Crippen molar-refractivity contribution in [2.75, 3.05) is 6.61 Å². The molecule has 0 radical (unpaired) electrons. The molecule has 0 aromatic heterocycles. The summed E-state index contributed by atoms with van der Waals surface area (Å²) in [7, 11) is 0. The SMILES string of the molecule is CC(C)C(CCC1=NC2(c3ccccc3)CC2O1)C(C)C(=O)COc1ccc(O)cc1. The Kier molecular flexibility index (Phi) is 6.03. The number of ether oxygens (including phenoxy) is 2. The van der Waals surface area contributed by atoms with Crippen LogP contribution in [0, 0.1) is 17.8 Å². The molecule has 1 heterocycles. The molecule has 0 saturated heterocycles. The molecule has 1 aliphatic heterocycles. The molecule has 1 aliphatic carbocycles. The molecule has 1 fully saturated rings. The van der Waals surface area contributed by atoms with Crippen molar-refractivity contribution in [2.24, 2.45) is 22.7 Å². The van der Waals surface area contributed by atoms with Crippen molar-refractivity contribution < 1.29 is 19.4 Å². The molecule has 4 unspecified atom stereocenters. The first-order chi connectivity index (χ1) is 14.9. The Labute approximate surface area is 184 Å². The van der Waals surface area contributed by atoms with Crippen LogP contribution in [0.2, 0.25) is 0 Å². The Morgan fingerprint density at radius 2 is 1.87 bits per heavy atom. The van der Waals surface area contributed by atoms with Gasteiger partial charge in [-0.3, -0.25) is 4.79 Å². The zero-order chi connectivity index (χ0) is 22.0. The van der Waals surface area contributed by atoms with Crippen LogP contribution in [0.25, 0.3) is 0 Å². The summed E-state index contributed by atoms with van der Waals surface area (Å²) in [5.41, 5.74) is 1.05. The van der Waals surface area contributed by atoms with Crippen LogP contribution in [0.4, 0.5) is 0 Å². The number of nitrogens with zero attached hydrogens (tertiary/aromatic N) is 1. The number of rotatable bonds is 10. The number of phenols is 1. The van der Waals surface area contributed by atoms with E-state index in [1.54, 1.807) is 24.3 Å². The number of phenolic OH excluding ortho intramolecular Hbond substituents is 1. The van der Waals surface area contributed by atoms with Gasteiger partial charge in [0.25, 0.3) is 0 Å². The maximum atomic E-state index is 12.8. The van der Waals surface area contributed by atoms with Gasteiger partial charge in [-0.2, -0.15) is 0 Å². The number of Topliss-reactive ketones (excluding diaryl/α,β-unsaturated/α-hetero) is 1. The van der Waals surface area contributed by atoms with Crippen LogP contribution in [0.5, 0.6) is 11.5 Å². The number of carbonyl (C=O) groups excluding carboxylic acids is 1. The Bertz CT molecular complexity index is 938. The molecule has 2 aliphatic rings. The minimum absolute atomic E-state index is 0.0335. The van der Waals surface area contributed by atoms with E-state index in [2.05, 4.69) is 38.1 Å². The lowest BCUT2D eigenvalue weighted by Crippen LogP contribution is -2.29. The molecule has 2 aromatic carbocycles. The van der Waals surface area contributed by atoms with Gasteiger partial charge in [-0.25, -0.2) is 4.99 Å². The zero-order valence-electron chi connectivity index (χ0n) is 18.5. The normalized spacial score (nSPS) is 23.5. The van der Waals surface area contributed by atoms with Crippen LogP contribution in [0.1, 0.15) is 45.6 Å². The highest BCUT2D eigenvalue weighted by molar-refractivity contribution is 5.83. The third-order valence-corrected chi connectivity index (χ3v) is 6.66. The molecule has 164 valence electrons. The second-order valence-corrected chi connectivity index (χ2v) is 9.09. The van der Waals surface area contributed by atoms with Gasteiger partial charge in [0.1, 0.15) is 29.7 Å². The largest absolute Gasteiger partial charge is 0.508 e.